The molecule has 1 aliphatic heterocycles. The summed E-state index contributed by atoms with van der Waals surface area (Å²) in [7, 11) is 7.35. The van der Waals surface area contributed by atoms with Gasteiger partial charge in [-0.3, -0.25) is 14.5 Å². The number of fused-ring (bicyclic) bond motifs is 2. The molecule has 2 aromatic heterocycles. The first-order valence-corrected chi connectivity index (χ1v) is 10.8. The molecule has 0 saturated carbocycles. The summed E-state index contributed by atoms with van der Waals surface area (Å²) in [5.41, 5.74) is 4.95. The number of hydrogen-bond acceptors (Lipinski definition) is 4. The molecule has 0 bridgehead atoms. The zero-order valence-electron chi connectivity index (χ0n) is 19.3. The third-order valence-corrected chi connectivity index (χ3v) is 6.56. The van der Waals surface area contributed by atoms with E-state index in [4.69, 9.17) is 4.74 Å². The van der Waals surface area contributed by atoms with Gasteiger partial charge in [-0.05, 0) is 53.9 Å². The number of halogens is 1. The predicted molar refractivity (Wildman–Crippen MR) is 130 cm³/mol. The number of aryl methyl sites for hydroxylation is 2. The Bertz CT molecular complexity index is 1410. The Balaban J connectivity index is 1.55. The Kier molecular flexibility index (Phi) is 4.81. The summed E-state index contributed by atoms with van der Waals surface area (Å²) in [6, 6.07) is 10.8. The van der Waals surface area contributed by atoms with Crippen molar-refractivity contribution in [2.45, 2.75) is 18.8 Å². The minimum atomic E-state index is -0.622. The summed E-state index contributed by atoms with van der Waals surface area (Å²) in [5.74, 6) is 0.203. The van der Waals surface area contributed by atoms with E-state index in [9.17, 15) is 4.79 Å². The Morgan fingerprint density at radius 3 is 2.67 bits per heavy atom. The molecule has 6 nitrogen and oxygen atoms in total. The van der Waals surface area contributed by atoms with Crippen LogP contribution in [0.25, 0.3) is 22.0 Å². The smallest absolute Gasteiger partial charge is 0.255 e. The molecule has 0 N–H and O–H groups in total. The van der Waals surface area contributed by atoms with Crippen LogP contribution in [0.3, 0.4) is 0 Å². The van der Waals surface area contributed by atoms with E-state index in [1.165, 1.54) is 6.07 Å². The van der Waals surface area contributed by atoms with Gasteiger partial charge in [0.05, 0.1) is 18.4 Å². The zero-order valence-corrected chi connectivity index (χ0v) is 19.3. The largest absolute Gasteiger partial charge is 0.494 e. The molecule has 2 aromatic carbocycles. The average molecular weight is 440 g/mol. The third kappa shape index (κ3) is 3.22. The van der Waals surface area contributed by atoms with Gasteiger partial charge in [-0.1, -0.05) is 6.07 Å². The van der Waals surface area contributed by atoms with Gasteiger partial charge >= 0.3 is 0 Å². The fraction of sp³-hybridized carbons (Fsp3) is 0.208. The van der Waals surface area contributed by atoms with E-state index in [1.54, 1.807) is 35.0 Å². The second-order valence-corrected chi connectivity index (χ2v) is 8.98. The van der Waals surface area contributed by atoms with Crippen LogP contribution in [-0.4, -0.2) is 48.4 Å². The molecule has 0 saturated heterocycles. The highest BCUT2D eigenvalue weighted by atomic mass is 19.1. The van der Waals surface area contributed by atoms with Gasteiger partial charge in [-0.25, -0.2) is 4.39 Å². The Labute approximate surface area is 193 Å². The summed E-state index contributed by atoms with van der Waals surface area (Å²) in [6.07, 6.45) is 3.59. The molecule has 0 radical (unpaired) electrons. The lowest BCUT2D eigenvalue weighted by Crippen LogP contribution is -2.45. The highest BCUT2D eigenvalue weighted by Gasteiger charge is 2.43. The average Bonchev–Trinajstić information content (AvgIpc) is 3.26. The fourth-order valence-electron chi connectivity index (χ4n) is 4.76. The van der Waals surface area contributed by atoms with Gasteiger partial charge in [0.25, 0.3) is 5.91 Å². The molecule has 4 aromatic rings. The Hall–Kier alpha value is -3.61. The molecule has 0 fully saturated rings. The van der Waals surface area contributed by atoms with Crippen LogP contribution in [0.4, 0.5) is 4.39 Å². The minimum absolute atomic E-state index is 0.127. The number of ether oxygens (including phenoxy) is 1. The number of amides is 1. The van der Waals surface area contributed by atoms with E-state index in [0.717, 1.165) is 33.3 Å². The monoisotopic (exact) mass is 440 g/mol. The number of nitrogens with zero attached hydrogens (tertiary/aromatic N) is 4. The molecule has 0 aliphatic carbocycles. The number of carbonyl (C=O) groups excluding carboxylic acids is 1. The highest BCUT2D eigenvalue weighted by molar-refractivity contribution is 6.42. The van der Waals surface area contributed by atoms with Gasteiger partial charge in [0.1, 0.15) is 32.8 Å². The number of benzene rings is 2. The van der Waals surface area contributed by atoms with Crippen molar-refractivity contribution in [1.82, 2.24) is 19.7 Å². The fourth-order valence-corrected chi connectivity index (χ4v) is 4.76. The molecule has 164 valence electrons. The van der Waals surface area contributed by atoms with Crippen LogP contribution in [0.2, 0.25) is 0 Å². The van der Waals surface area contributed by atoms with Crippen LogP contribution in [0.15, 0.2) is 48.8 Å². The van der Waals surface area contributed by atoms with Crippen molar-refractivity contribution in [3.05, 3.63) is 77.0 Å². The normalized spacial score (nSPS) is 14.7. The lowest BCUT2D eigenvalue weighted by atomic mass is 9.59. The summed E-state index contributed by atoms with van der Waals surface area (Å²) >= 11 is 0. The van der Waals surface area contributed by atoms with Gasteiger partial charge in [-0.15, -0.1) is 0 Å². The lowest BCUT2D eigenvalue weighted by Gasteiger charge is -2.33. The van der Waals surface area contributed by atoms with Gasteiger partial charge < -0.3 is 9.64 Å². The third-order valence-electron chi connectivity index (χ3n) is 6.56. The summed E-state index contributed by atoms with van der Waals surface area (Å²) in [5, 5.41) is 4.76. The molecule has 33 heavy (non-hydrogen) atoms. The number of pyridine rings is 1. The summed E-state index contributed by atoms with van der Waals surface area (Å²) in [4.78, 5) is 19.2. The second kappa shape index (κ2) is 7.47. The Morgan fingerprint density at radius 1 is 1.18 bits per heavy atom. The second-order valence-electron chi connectivity index (χ2n) is 8.98. The van der Waals surface area contributed by atoms with Crippen LogP contribution < -0.4 is 4.74 Å². The topological polar surface area (TPSA) is 60.3 Å². The summed E-state index contributed by atoms with van der Waals surface area (Å²) in [6.45, 7) is 2.05. The quantitative estimate of drug-likeness (QED) is 0.457. The van der Waals surface area contributed by atoms with Crippen molar-refractivity contribution >= 4 is 32.5 Å². The van der Waals surface area contributed by atoms with Gasteiger partial charge in [0.2, 0.25) is 0 Å². The molecule has 3 heterocycles. The van der Waals surface area contributed by atoms with E-state index in [-0.39, 0.29) is 18.3 Å². The molecule has 1 amide bonds. The van der Waals surface area contributed by atoms with E-state index >= 15 is 4.39 Å². The van der Waals surface area contributed by atoms with Crippen LogP contribution in [0.5, 0.6) is 5.75 Å². The standard InChI is InChI=1S/C24H23B2FN4O2/c1-13-9-14(15-6-7-20(33-3)21-18(15)11-30(2)29-21)10-19(27)17(13)12-31-23(32)16-5-4-8-28-22(16)24(31,25)26/h4-11H,12,25-26H2,1-3H3. The molecule has 0 spiro atoms. The predicted octanol–water partition coefficient (Wildman–Crippen LogP) is 2.12. The molecule has 9 heteroatoms. The van der Waals surface area contributed by atoms with E-state index in [1.807, 2.05) is 54.1 Å². The van der Waals surface area contributed by atoms with E-state index in [2.05, 4.69) is 10.1 Å². The van der Waals surface area contributed by atoms with Crippen molar-refractivity contribution in [1.29, 1.82) is 0 Å². The van der Waals surface area contributed by atoms with Crippen LogP contribution in [0.1, 0.15) is 27.2 Å². The SMILES string of the molecule is BC1(B)c2ncccc2C(=O)N1Cc1c(C)cc(-c2ccc(OC)c3nn(C)cc23)cc1F. The highest BCUT2D eigenvalue weighted by Crippen LogP contribution is 2.37. The van der Waals surface area contributed by atoms with Crippen molar-refractivity contribution in [2.24, 2.45) is 7.05 Å². The number of carbonyl (C=O) groups is 1. The first kappa shape index (κ1) is 21.2. The lowest BCUT2D eigenvalue weighted by molar-refractivity contribution is 0.0729. The van der Waals surface area contributed by atoms with Crippen molar-refractivity contribution in [3.8, 4) is 16.9 Å². The van der Waals surface area contributed by atoms with Crippen LogP contribution in [-0.2, 0) is 18.9 Å². The van der Waals surface area contributed by atoms with Gasteiger partial charge in [0, 0.05) is 42.3 Å². The number of methoxy groups -OCH3 is 1. The molecule has 0 unspecified atom stereocenters. The molecule has 1 aliphatic rings. The maximum atomic E-state index is 15.5. The maximum absolute atomic E-state index is 15.5. The van der Waals surface area contributed by atoms with E-state index in [0.29, 0.717) is 16.9 Å². The zero-order chi connectivity index (χ0) is 23.5. The number of rotatable bonds is 4. The van der Waals surface area contributed by atoms with Crippen molar-refractivity contribution < 1.29 is 13.9 Å². The van der Waals surface area contributed by atoms with Gasteiger partial charge in [-0.2, -0.15) is 5.10 Å². The molecule has 5 rings (SSSR count). The van der Waals surface area contributed by atoms with Crippen LogP contribution >= 0.6 is 0 Å². The minimum Gasteiger partial charge on any atom is -0.494 e. The first-order chi connectivity index (χ1) is 15.7. The number of hydrogen-bond donors (Lipinski definition) is 0. The number of aromatic nitrogens is 3. The first-order valence-electron chi connectivity index (χ1n) is 10.8. The maximum Gasteiger partial charge on any atom is 0.255 e. The van der Waals surface area contributed by atoms with Gasteiger partial charge in [0.15, 0.2) is 0 Å². The van der Waals surface area contributed by atoms with Crippen LogP contribution in [0, 0.1) is 12.7 Å². The molecule has 0 atom stereocenters. The molecular weight excluding hydrogens is 417 g/mol. The summed E-state index contributed by atoms with van der Waals surface area (Å²) < 4.78 is 22.7. The molecular formula is C24H23B2FN4O2. The Morgan fingerprint density at radius 2 is 1.97 bits per heavy atom. The van der Waals surface area contributed by atoms with E-state index < -0.39 is 5.34 Å². The van der Waals surface area contributed by atoms with Crippen molar-refractivity contribution in [3.63, 3.8) is 0 Å². The van der Waals surface area contributed by atoms with Crippen molar-refractivity contribution in [2.75, 3.05) is 7.11 Å².